The first-order chi connectivity index (χ1) is 22.5. The van der Waals surface area contributed by atoms with E-state index < -0.39 is 32.7 Å². The van der Waals surface area contributed by atoms with Crippen LogP contribution in [0.4, 0.5) is 4.20 Å². The van der Waals surface area contributed by atoms with Gasteiger partial charge in [0, 0.05) is 6.42 Å². The van der Waals surface area contributed by atoms with Crippen LogP contribution in [0.25, 0.3) is 0 Å². The molecular formula is C37H42FO5PSi3. The Labute approximate surface area is 284 Å². The molecule has 0 N–H and O–H groups in total. The summed E-state index contributed by atoms with van der Waals surface area (Å²) in [6, 6.07) is 49.0. The van der Waals surface area contributed by atoms with E-state index in [-0.39, 0.29) is 27.4 Å². The van der Waals surface area contributed by atoms with Crippen molar-refractivity contribution in [2.45, 2.75) is 42.8 Å². The molecule has 0 aliphatic carbocycles. The fraction of sp³-hybridized carbons (Fsp3) is 0.189. The molecule has 5 nitrogen and oxygen atoms in total. The maximum atomic E-state index is 17.9. The fourth-order valence-corrected chi connectivity index (χ4v) is 12.5. The zero-order chi connectivity index (χ0) is 33.6. The second kappa shape index (κ2) is 14.5. The van der Waals surface area contributed by atoms with Gasteiger partial charge < -0.3 is 13.3 Å². The van der Waals surface area contributed by atoms with Gasteiger partial charge >= 0.3 is 13.4 Å². The fourth-order valence-electron chi connectivity index (χ4n) is 6.54. The van der Waals surface area contributed by atoms with Crippen molar-refractivity contribution in [3.63, 3.8) is 0 Å². The Hall–Kier alpha value is -3.25. The molecule has 0 aromatic heterocycles. The maximum Gasteiger partial charge on any atom is 0.453 e. The van der Waals surface area contributed by atoms with E-state index in [9.17, 15) is 0 Å². The molecule has 2 unspecified atom stereocenters. The lowest BCUT2D eigenvalue weighted by Crippen LogP contribution is -2.55. The predicted molar refractivity (Wildman–Crippen MR) is 196 cm³/mol. The molecule has 0 bridgehead atoms. The summed E-state index contributed by atoms with van der Waals surface area (Å²) in [6.45, 7) is 5.62. The van der Waals surface area contributed by atoms with E-state index >= 15 is 8.76 Å². The molecule has 2 atom stereocenters. The van der Waals surface area contributed by atoms with E-state index in [4.69, 9.17) is 17.8 Å². The quantitative estimate of drug-likeness (QED) is 0.0524. The number of benzene rings is 5. The monoisotopic (exact) mass is 700 g/mol. The Bertz CT molecular complexity index is 1660. The van der Waals surface area contributed by atoms with Crippen LogP contribution in [0.3, 0.4) is 0 Å². The van der Waals surface area contributed by atoms with Crippen LogP contribution in [0.1, 0.15) is 27.8 Å². The summed E-state index contributed by atoms with van der Waals surface area (Å²) in [4.78, 5) is 0. The molecule has 0 spiro atoms. The number of rotatable bonds is 14. The van der Waals surface area contributed by atoms with E-state index in [1.165, 1.54) is 0 Å². The van der Waals surface area contributed by atoms with Gasteiger partial charge in [-0.15, -0.1) is 4.20 Å². The van der Waals surface area contributed by atoms with Gasteiger partial charge in [-0.3, -0.25) is 4.52 Å². The number of hydrogen-bond donors (Lipinski definition) is 0. The smallest absolute Gasteiger partial charge is 0.372 e. The number of hydrogen-bond acceptors (Lipinski definition) is 5. The summed E-state index contributed by atoms with van der Waals surface area (Å²) in [5.41, 5.74) is -1.49. The number of halogens is 1. The van der Waals surface area contributed by atoms with Gasteiger partial charge in [-0.25, -0.2) is 4.57 Å². The highest BCUT2D eigenvalue weighted by Crippen LogP contribution is 2.70. The normalized spacial score (nSPS) is 16.2. The third kappa shape index (κ3) is 6.86. The Balaban J connectivity index is 2.01. The minimum absolute atomic E-state index is 0.0123. The zero-order valence-corrected chi connectivity index (χ0v) is 33.4. The predicted octanol–water partition coefficient (Wildman–Crippen LogP) is 7.40. The molecule has 244 valence electrons. The molecule has 0 fully saturated rings. The third-order valence-corrected chi connectivity index (χ3v) is 12.8. The Morgan fingerprint density at radius 3 is 1.28 bits per heavy atom. The molecule has 0 saturated heterocycles. The Morgan fingerprint density at radius 2 is 0.936 bits per heavy atom. The first-order valence-electron chi connectivity index (χ1n) is 15.6. The van der Waals surface area contributed by atoms with E-state index in [1.807, 2.05) is 171 Å². The third-order valence-electron chi connectivity index (χ3n) is 8.31. The van der Waals surface area contributed by atoms with E-state index in [0.717, 1.165) is 22.3 Å². The lowest BCUT2D eigenvalue weighted by atomic mass is 9.56. The van der Waals surface area contributed by atoms with Gasteiger partial charge in [0.2, 0.25) is 0 Å². The van der Waals surface area contributed by atoms with E-state index in [0.29, 0.717) is 5.56 Å². The first kappa shape index (κ1) is 35.1. The van der Waals surface area contributed by atoms with Gasteiger partial charge in [0.05, 0.1) is 5.41 Å². The lowest BCUT2D eigenvalue weighted by molar-refractivity contribution is -0.205. The van der Waals surface area contributed by atoms with Crippen molar-refractivity contribution in [2.24, 2.45) is 0 Å². The summed E-state index contributed by atoms with van der Waals surface area (Å²) in [5.74, 6) is 0. The van der Waals surface area contributed by atoms with Gasteiger partial charge in [-0.1, -0.05) is 152 Å². The van der Waals surface area contributed by atoms with Gasteiger partial charge in [0.1, 0.15) is 5.60 Å². The van der Waals surface area contributed by atoms with Crippen molar-refractivity contribution >= 4 is 37.0 Å². The minimum Gasteiger partial charge on any atom is -0.372 e. The van der Waals surface area contributed by atoms with Crippen molar-refractivity contribution in [2.75, 3.05) is 0 Å². The molecule has 47 heavy (non-hydrogen) atoms. The zero-order valence-electron chi connectivity index (χ0n) is 27.5. The summed E-state index contributed by atoms with van der Waals surface area (Å²) in [6.07, 6.45) is 0.135. The van der Waals surface area contributed by atoms with Crippen molar-refractivity contribution in [1.82, 2.24) is 0 Å². The SMILES string of the molecule is C[Si](C)(C)OC(O[SiH3])(O[SiH3])P(=O)(F)OC(Cc1ccccc1)(c1ccccc1)C(c1ccccc1)(c1ccccc1)c1ccccc1. The highest BCUT2D eigenvalue weighted by molar-refractivity contribution is 7.54. The van der Waals surface area contributed by atoms with Crippen LogP contribution in [0.5, 0.6) is 0 Å². The molecule has 0 aliphatic heterocycles. The molecule has 5 aromatic carbocycles. The van der Waals surface area contributed by atoms with Gasteiger partial charge in [-0.2, -0.15) is 0 Å². The largest absolute Gasteiger partial charge is 0.453 e. The molecular weight excluding hydrogens is 659 g/mol. The topological polar surface area (TPSA) is 54.0 Å². The van der Waals surface area contributed by atoms with E-state index in [1.54, 1.807) is 0 Å². The first-order valence-corrected chi connectivity index (χ1v) is 22.2. The average Bonchev–Trinajstić information content (AvgIpc) is 3.09. The standard InChI is InChI=1S/C37H42FO5PSi3/c1-47(2,3)43-37(41-45,42-46)44(38,39)40-35(31-21-11-5-12-22-31,29-30-19-9-4-10-20-30)36(32-23-13-6-14-24-32,33-25-15-7-16-26-33)34-27-17-8-18-28-34/h4-28H,29H2,1-3,45-46H3. The lowest BCUT2D eigenvalue weighted by Gasteiger charge is -2.53. The van der Waals surface area contributed by atoms with Crippen LogP contribution < -0.4 is 0 Å². The van der Waals surface area contributed by atoms with Gasteiger partial charge in [-0.05, 0) is 47.5 Å². The van der Waals surface area contributed by atoms with Crippen LogP contribution in [0.2, 0.25) is 19.6 Å². The molecule has 0 radical (unpaired) electrons. The second-order valence-corrected chi connectivity index (χ2v) is 19.4. The highest BCUT2D eigenvalue weighted by atomic mass is 31.2. The van der Waals surface area contributed by atoms with Crippen LogP contribution >= 0.6 is 7.68 Å². The van der Waals surface area contributed by atoms with Crippen molar-refractivity contribution < 1.29 is 26.6 Å². The molecule has 5 rings (SSSR count). The van der Waals surface area contributed by atoms with Crippen LogP contribution in [0, 0.1) is 0 Å². The highest BCUT2D eigenvalue weighted by Gasteiger charge is 2.65. The second-order valence-electron chi connectivity index (χ2n) is 12.4. The minimum atomic E-state index is -5.47. The van der Waals surface area contributed by atoms with E-state index in [2.05, 4.69) is 0 Å². The molecule has 0 heterocycles. The van der Waals surface area contributed by atoms with Crippen molar-refractivity contribution in [3.05, 3.63) is 179 Å². The molecule has 0 aliphatic rings. The molecule has 0 saturated carbocycles. The van der Waals surface area contributed by atoms with Crippen LogP contribution in [-0.2, 0) is 39.8 Å². The Kier molecular flexibility index (Phi) is 10.8. The average molecular weight is 701 g/mol. The Morgan fingerprint density at radius 1 is 0.596 bits per heavy atom. The van der Waals surface area contributed by atoms with Crippen LogP contribution in [-0.4, -0.2) is 35.0 Å². The van der Waals surface area contributed by atoms with Gasteiger partial charge in [0.25, 0.3) is 0 Å². The van der Waals surface area contributed by atoms with Crippen molar-refractivity contribution in [1.29, 1.82) is 0 Å². The molecule has 10 heteroatoms. The summed E-state index contributed by atoms with van der Waals surface area (Å²) >= 11 is 0. The maximum absolute atomic E-state index is 17.9. The molecule has 0 amide bonds. The van der Waals surface area contributed by atoms with Crippen LogP contribution in [0.15, 0.2) is 152 Å². The van der Waals surface area contributed by atoms with Gasteiger partial charge in [0.15, 0.2) is 29.3 Å². The summed E-state index contributed by atoms with van der Waals surface area (Å²) in [5, 5.41) is 0. The van der Waals surface area contributed by atoms with Crippen molar-refractivity contribution in [3.8, 4) is 0 Å². The molecule has 5 aromatic rings. The summed E-state index contributed by atoms with van der Waals surface area (Å²) in [7, 11) is -8.11. The summed E-state index contributed by atoms with van der Waals surface area (Å²) < 4.78 is 57.8.